The Morgan fingerprint density at radius 2 is 2.35 bits per heavy atom. The molecule has 5 heteroatoms. The highest BCUT2D eigenvalue weighted by Crippen LogP contribution is 2.09. The van der Waals surface area contributed by atoms with Crippen molar-refractivity contribution in [2.24, 2.45) is 0 Å². The molecule has 2 N–H and O–H groups in total. The van der Waals surface area contributed by atoms with Crippen LogP contribution in [0.5, 0.6) is 0 Å². The van der Waals surface area contributed by atoms with Gasteiger partial charge in [0.05, 0.1) is 24.7 Å². The van der Waals surface area contributed by atoms with Crippen molar-refractivity contribution < 1.29 is 9.69 Å². The van der Waals surface area contributed by atoms with Crippen LogP contribution in [0.15, 0.2) is 22.9 Å². The van der Waals surface area contributed by atoms with Crippen molar-refractivity contribution in [2.75, 3.05) is 19.6 Å². The van der Waals surface area contributed by atoms with Crippen LogP contribution in [0.1, 0.15) is 43.0 Å². The molecule has 1 unspecified atom stereocenters. The Morgan fingerprint density at radius 1 is 1.50 bits per heavy atom. The normalized spacial score (nSPS) is 22.5. The molecule has 2 heterocycles. The molecular formula is C15H23BrN3O+. The van der Waals surface area contributed by atoms with Gasteiger partial charge in [-0.25, -0.2) is 0 Å². The number of nitrogens with zero attached hydrogens (tertiary/aromatic N) is 1. The lowest BCUT2D eigenvalue weighted by Crippen LogP contribution is -3.16. The molecule has 0 radical (unpaired) electrons. The highest BCUT2D eigenvalue weighted by Gasteiger charge is 2.20. The number of piperidine rings is 1. The summed E-state index contributed by atoms with van der Waals surface area (Å²) in [6.07, 6.45) is 8.36. The van der Waals surface area contributed by atoms with Crippen molar-refractivity contribution in [1.29, 1.82) is 0 Å². The van der Waals surface area contributed by atoms with Crippen molar-refractivity contribution in [1.82, 2.24) is 10.3 Å². The van der Waals surface area contributed by atoms with Crippen molar-refractivity contribution in [3.63, 3.8) is 0 Å². The smallest absolute Gasteiger partial charge is 0.252 e. The average molecular weight is 341 g/mol. The van der Waals surface area contributed by atoms with Crippen LogP contribution in [0, 0.1) is 0 Å². The minimum Gasteiger partial charge on any atom is -0.352 e. The van der Waals surface area contributed by atoms with E-state index < -0.39 is 0 Å². The van der Waals surface area contributed by atoms with Crippen molar-refractivity contribution in [3.8, 4) is 0 Å². The third-order valence-corrected chi connectivity index (χ3v) is 4.44. The zero-order chi connectivity index (χ0) is 14.4. The lowest BCUT2D eigenvalue weighted by Gasteiger charge is -2.30. The lowest BCUT2D eigenvalue weighted by atomic mass is 10.0. The second-order valence-electron chi connectivity index (χ2n) is 5.56. The second kappa shape index (κ2) is 7.74. The average Bonchev–Trinajstić information content (AvgIpc) is 2.45. The standard InChI is InChI=1S/C15H22BrN3O/c1-12-5-2-3-7-19(12)8-4-6-18-15(20)13-9-14(16)11-17-10-13/h9-12H,2-8H2,1H3,(H,18,20)/p+1/t12-/m0/s1. The summed E-state index contributed by atoms with van der Waals surface area (Å²) in [5.41, 5.74) is 0.609. The van der Waals surface area contributed by atoms with Crippen molar-refractivity contribution in [2.45, 2.75) is 38.6 Å². The fraction of sp³-hybridized carbons (Fsp3) is 0.600. The third-order valence-electron chi connectivity index (χ3n) is 4.01. The molecular weight excluding hydrogens is 318 g/mol. The van der Waals surface area contributed by atoms with Gasteiger partial charge in [0.1, 0.15) is 0 Å². The molecule has 1 aromatic heterocycles. The van der Waals surface area contributed by atoms with Gasteiger partial charge in [-0.2, -0.15) is 0 Å². The Labute approximate surface area is 129 Å². The fourth-order valence-corrected chi connectivity index (χ4v) is 3.14. The molecule has 1 aliphatic rings. The van der Waals surface area contributed by atoms with E-state index in [1.54, 1.807) is 23.4 Å². The van der Waals surface area contributed by atoms with E-state index >= 15 is 0 Å². The van der Waals surface area contributed by atoms with Gasteiger partial charge in [0.2, 0.25) is 0 Å². The Kier molecular flexibility index (Phi) is 5.98. The Morgan fingerprint density at radius 3 is 3.10 bits per heavy atom. The molecule has 0 saturated carbocycles. The van der Waals surface area contributed by atoms with Gasteiger partial charge < -0.3 is 10.2 Å². The number of nitrogens with one attached hydrogen (secondary N) is 2. The van der Waals surface area contributed by atoms with Crippen LogP contribution >= 0.6 is 15.9 Å². The first-order valence-corrected chi connectivity index (χ1v) is 8.19. The predicted octanol–water partition coefficient (Wildman–Crippen LogP) is 1.42. The van der Waals surface area contributed by atoms with E-state index in [-0.39, 0.29) is 5.91 Å². The maximum atomic E-state index is 11.9. The third kappa shape index (κ3) is 4.56. The van der Waals surface area contributed by atoms with E-state index in [9.17, 15) is 4.79 Å². The van der Waals surface area contributed by atoms with Crippen LogP contribution in [-0.2, 0) is 0 Å². The molecule has 0 aliphatic carbocycles. The van der Waals surface area contributed by atoms with E-state index in [1.165, 1.54) is 25.8 Å². The van der Waals surface area contributed by atoms with Gasteiger partial charge in [-0.15, -0.1) is 0 Å². The number of aromatic nitrogens is 1. The minimum atomic E-state index is -0.0412. The number of carbonyl (C=O) groups excluding carboxylic acids is 1. The maximum Gasteiger partial charge on any atom is 0.252 e. The van der Waals surface area contributed by atoms with Crippen LogP contribution in [0.3, 0.4) is 0 Å². The zero-order valence-corrected chi connectivity index (χ0v) is 13.6. The van der Waals surface area contributed by atoms with Crippen molar-refractivity contribution in [3.05, 3.63) is 28.5 Å². The second-order valence-corrected chi connectivity index (χ2v) is 6.47. The number of rotatable bonds is 5. The minimum absolute atomic E-state index is 0.0412. The summed E-state index contributed by atoms with van der Waals surface area (Å²) in [6.45, 7) is 5.50. The SMILES string of the molecule is C[C@H]1CCCC[NH+]1CCCNC(=O)c1cncc(Br)c1. The molecule has 0 aromatic carbocycles. The molecule has 1 aliphatic heterocycles. The van der Waals surface area contributed by atoms with Crippen LogP contribution < -0.4 is 10.2 Å². The lowest BCUT2D eigenvalue weighted by molar-refractivity contribution is -0.928. The van der Waals surface area contributed by atoms with Crippen LogP contribution in [0.4, 0.5) is 0 Å². The number of likely N-dealkylation sites (tertiary alicyclic amines) is 1. The first-order chi connectivity index (χ1) is 9.66. The van der Waals surface area contributed by atoms with E-state index in [2.05, 4.69) is 33.2 Å². The van der Waals surface area contributed by atoms with Gasteiger partial charge in [0, 0.05) is 29.8 Å². The summed E-state index contributed by atoms with van der Waals surface area (Å²) >= 11 is 3.33. The molecule has 20 heavy (non-hydrogen) atoms. The number of halogens is 1. The highest BCUT2D eigenvalue weighted by atomic mass is 79.9. The molecule has 1 fully saturated rings. The Balaban J connectivity index is 1.69. The molecule has 2 rings (SSSR count). The topological polar surface area (TPSA) is 46.4 Å². The number of amides is 1. The molecule has 0 bridgehead atoms. The van der Waals surface area contributed by atoms with Gasteiger partial charge in [-0.05, 0) is 48.2 Å². The summed E-state index contributed by atoms with van der Waals surface area (Å²) in [5.74, 6) is -0.0412. The predicted molar refractivity (Wildman–Crippen MR) is 82.9 cm³/mol. The molecule has 1 amide bonds. The van der Waals surface area contributed by atoms with Gasteiger partial charge in [-0.3, -0.25) is 9.78 Å². The molecule has 2 atom stereocenters. The molecule has 1 aromatic rings. The number of pyridine rings is 1. The number of quaternary nitrogens is 1. The van der Waals surface area contributed by atoms with Gasteiger partial charge in [0.25, 0.3) is 5.91 Å². The van der Waals surface area contributed by atoms with E-state index in [0.29, 0.717) is 5.56 Å². The molecule has 110 valence electrons. The van der Waals surface area contributed by atoms with Gasteiger partial charge in [-0.1, -0.05) is 0 Å². The summed E-state index contributed by atoms with van der Waals surface area (Å²) in [6, 6.07) is 2.56. The molecule has 4 nitrogen and oxygen atoms in total. The van der Waals surface area contributed by atoms with Gasteiger partial charge >= 0.3 is 0 Å². The van der Waals surface area contributed by atoms with E-state index in [0.717, 1.165) is 30.0 Å². The summed E-state index contributed by atoms with van der Waals surface area (Å²) < 4.78 is 0.830. The van der Waals surface area contributed by atoms with Crippen molar-refractivity contribution >= 4 is 21.8 Å². The quantitative estimate of drug-likeness (QED) is 0.796. The monoisotopic (exact) mass is 340 g/mol. The van der Waals surface area contributed by atoms with Gasteiger partial charge in [0.15, 0.2) is 0 Å². The van der Waals surface area contributed by atoms with E-state index in [1.807, 2.05) is 0 Å². The Bertz CT molecular complexity index is 452. The van der Waals surface area contributed by atoms with Crippen LogP contribution in [0.25, 0.3) is 0 Å². The highest BCUT2D eigenvalue weighted by molar-refractivity contribution is 9.10. The first kappa shape index (κ1) is 15.4. The Hall–Kier alpha value is -0.940. The van der Waals surface area contributed by atoms with Crippen LogP contribution in [-0.4, -0.2) is 36.6 Å². The molecule has 0 spiro atoms. The molecule has 1 saturated heterocycles. The van der Waals surface area contributed by atoms with E-state index in [4.69, 9.17) is 0 Å². The number of hydrogen-bond acceptors (Lipinski definition) is 2. The first-order valence-electron chi connectivity index (χ1n) is 7.40. The summed E-state index contributed by atoms with van der Waals surface area (Å²) in [5, 5.41) is 2.97. The largest absolute Gasteiger partial charge is 0.352 e. The summed E-state index contributed by atoms with van der Waals surface area (Å²) in [7, 11) is 0. The van der Waals surface area contributed by atoms with Crippen LogP contribution in [0.2, 0.25) is 0 Å². The fourth-order valence-electron chi connectivity index (χ4n) is 2.78. The number of carbonyl (C=O) groups is 1. The summed E-state index contributed by atoms with van der Waals surface area (Å²) in [4.78, 5) is 17.6. The number of hydrogen-bond donors (Lipinski definition) is 2. The zero-order valence-electron chi connectivity index (χ0n) is 12.0. The maximum absolute atomic E-state index is 11.9.